The normalized spacial score (nSPS) is 13.1. The van der Waals surface area contributed by atoms with E-state index in [1.54, 1.807) is 0 Å². The minimum Gasteiger partial charge on any atom is -0.494 e. The maximum Gasteiger partial charge on any atom is 0.224 e. The van der Waals surface area contributed by atoms with Crippen molar-refractivity contribution >= 4 is 17.5 Å². The van der Waals surface area contributed by atoms with Gasteiger partial charge in [-0.05, 0) is 49.4 Å². The highest BCUT2D eigenvalue weighted by atomic mass is 16.5. The first-order valence-electron chi connectivity index (χ1n) is 9.97. The number of hydrogen-bond acceptors (Lipinski definition) is 3. The number of carbonyl (C=O) groups is 2. The predicted octanol–water partition coefficient (Wildman–Crippen LogP) is 4.16. The van der Waals surface area contributed by atoms with Crippen molar-refractivity contribution in [3.63, 3.8) is 0 Å². The first-order valence-corrected chi connectivity index (χ1v) is 9.97. The van der Waals surface area contributed by atoms with E-state index in [1.807, 2.05) is 23.1 Å². The van der Waals surface area contributed by atoms with Crippen molar-refractivity contribution in [2.24, 2.45) is 0 Å². The smallest absolute Gasteiger partial charge is 0.224 e. The lowest BCUT2D eigenvalue weighted by Gasteiger charge is -2.22. The van der Waals surface area contributed by atoms with Crippen LogP contribution in [-0.4, -0.2) is 36.4 Å². The molecule has 2 rings (SSSR count). The van der Waals surface area contributed by atoms with Gasteiger partial charge in [0.15, 0.2) is 0 Å². The van der Waals surface area contributed by atoms with Crippen LogP contribution in [0.15, 0.2) is 18.2 Å². The van der Waals surface area contributed by atoms with E-state index in [1.165, 1.54) is 0 Å². The number of carbonyl (C=O) groups excluding carboxylic acids is 2. The molecule has 26 heavy (non-hydrogen) atoms. The fourth-order valence-corrected chi connectivity index (χ4v) is 3.08. The third kappa shape index (κ3) is 6.36. The molecule has 1 aromatic carbocycles. The minimum absolute atomic E-state index is 0.0698. The van der Waals surface area contributed by atoms with E-state index in [2.05, 4.69) is 19.2 Å². The SMILES string of the molecule is CCCCN(CCCC)C(=O)CCCOc1ccc2c(c1)CCC(=O)N2. The summed E-state index contributed by atoms with van der Waals surface area (Å²) in [6.45, 7) is 6.58. The molecule has 1 aromatic rings. The molecule has 1 heterocycles. The van der Waals surface area contributed by atoms with Crippen molar-refractivity contribution in [2.75, 3.05) is 25.0 Å². The maximum atomic E-state index is 12.4. The average Bonchev–Trinajstić information content (AvgIpc) is 2.65. The highest BCUT2D eigenvalue weighted by Gasteiger charge is 2.15. The molecule has 0 saturated carbocycles. The number of aryl methyl sites for hydroxylation is 1. The van der Waals surface area contributed by atoms with Gasteiger partial charge in [-0.15, -0.1) is 0 Å². The summed E-state index contributed by atoms with van der Waals surface area (Å²) < 4.78 is 5.81. The van der Waals surface area contributed by atoms with Gasteiger partial charge in [0, 0.05) is 31.6 Å². The summed E-state index contributed by atoms with van der Waals surface area (Å²) >= 11 is 0. The number of ether oxygens (including phenoxy) is 1. The van der Waals surface area contributed by atoms with Crippen LogP contribution in [0, 0.1) is 0 Å². The van der Waals surface area contributed by atoms with E-state index >= 15 is 0 Å². The molecule has 144 valence electrons. The van der Waals surface area contributed by atoms with Crippen molar-refractivity contribution in [2.45, 2.75) is 65.2 Å². The van der Waals surface area contributed by atoms with Crippen LogP contribution in [0.25, 0.3) is 0 Å². The van der Waals surface area contributed by atoms with Gasteiger partial charge in [-0.2, -0.15) is 0 Å². The molecule has 0 bridgehead atoms. The second kappa shape index (κ2) is 10.8. The van der Waals surface area contributed by atoms with Crippen LogP contribution < -0.4 is 10.1 Å². The van der Waals surface area contributed by atoms with Crippen LogP contribution in [0.3, 0.4) is 0 Å². The Morgan fingerprint density at radius 1 is 1.12 bits per heavy atom. The first kappa shape index (κ1) is 20.3. The fourth-order valence-electron chi connectivity index (χ4n) is 3.08. The standard InChI is InChI=1S/C21H32N2O3/c1-3-5-13-23(14-6-4-2)21(25)8-7-15-26-18-10-11-19-17(16-18)9-12-20(24)22-19/h10-11,16H,3-9,12-15H2,1-2H3,(H,22,24). The summed E-state index contributed by atoms with van der Waals surface area (Å²) in [4.78, 5) is 25.8. The topological polar surface area (TPSA) is 58.6 Å². The maximum absolute atomic E-state index is 12.4. The van der Waals surface area contributed by atoms with Crippen LogP contribution in [0.4, 0.5) is 5.69 Å². The Morgan fingerprint density at radius 2 is 1.85 bits per heavy atom. The molecule has 0 aliphatic carbocycles. The first-order chi connectivity index (χ1) is 12.6. The van der Waals surface area contributed by atoms with E-state index in [0.717, 1.165) is 68.6 Å². The zero-order chi connectivity index (χ0) is 18.8. The van der Waals surface area contributed by atoms with Crippen LogP contribution >= 0.6 is 0 Å². The van der Waals surface area contributed by atoms with E-state index in [4.69, 9.17) is 4.74 Å². The molecule has 0 atom stereocenters. The van der Waals surface area contributed by atoms with Gasteiger partial charge in [-0.3, -0.25) is 9.59 Å². The van der Waals surface area contributed by atoms with Crippen molar-refractivity contribution < 1.29 is 14.3 Å². The molecule has 1 aliphatic heterocycles. The van der Waals surface area contributed by atoms with Gasteiger partial charge in [0.1, 0.15) is 5.75 Å². The summed E-state index contributed by atoms with van der Waals surface area (Å²) in [6.07, 6.45) is 6.89. The Kier molecular flexibility index (Phi) is 8.45. The van der Waals surface area contributed by atoms with Gasteiger partial charge in [0.2, 0.25) is 11.8 Å². The Hall–Kier alpha value is -2.04. The Morgan fingerprint density at radius 3 is 2.54 bits per heavy atom. The van der Waals surface area contributed by atoms with Gasteiger partial charge in [-0.1, -0.05) is 26.7 Å². The van der Waals surface area contributed by atoms with E-state index in [-0.39, 0.29) is 11.8 Å². The number of nitrogens with zero attached hydrogens (tertiary/aromatic N) is 1. The summed E-state index contributed by atoms with van der Waals surface area (Å²) in [7, 11) is 0. The lowest BCUT2D eigenvalue weighted by atomic mass is 10.0. The highest BCUT2D eigenvalue weighted by Crippen LogP contribution is 2.26. The summed E-state index contributed by atoms with van der Waals surface area (Å²) in [6, 6.07) is 5.76. The summed E-state index contributed by atoms with van der Waals surface area (Å²) in [5, 5.41) is 2.87. The van der Waals surface area contributed by atoms with E-state index < -0.39 is 0 Å². The minimum atomic E-state index is 0.0698. The molecule has 0 unspecified atom stereocenters. The molecular formula is C21H32N2O3. The zero-order valence-corrected chi connectivity index (χ0v) is 16.2. The molecule has 0 spiro atoms. The van der Waals surface area contributed by atoms with Gasteiger partial charge < -0.3 is 15.0 Å². The van der Waals surface area contributed by atoms with E-state index in [9.17, 15) is 9.59 Å². The Labute approximate surface area is 157 Å². The summed E-state index contributed by atoms with van der Waals surface area (Å²) in [5.74, 6) is 1.12. The highest BCUT2D eigenvalue weighted by molar-refractivity contribution is 5.94. The molecule has 2 amide bonds. The summed E-state index contributed by atoms with van der Waals surface area (Å²) in [5.41, 5.74) is 2.00. The van der Waals surface area contributed by atoms with Crippen LogP contribution in [0.5, 0.6) is 5.75 Å². The van der Waals surface area contributed by atoms with Gasteiger partial charge >= 0.3 is 0 Å². The number of benzene rings is 1. The predicted molar refractivity (Wildman–Crippen MR) is 105 cm³/mol. The van der Waals surface area contributed by atoms with Crippen LogP contribution in [-0.2, 0) is 16.0 Å². The average molecular weight is 360 g/mol. The largest absolute Gasteiger partial charge is 0.494 e. The van der Waals surface area contributed by atoms with Crippen molar-refractivity contribution in [1.29, 1.82) is 0 Å². The number of fused-ring (bicyclic) bond motifs is 1. The molecule has 5 nitrogen and oxygen atoms in total. The molecule has 0 radical (unpaired) electrons. The number of hydrogen-bond donors (Lipinski definition) is 1. The lowest BCUT2D eigenvalue weighted by molar-refractivity contribution is -0.131. The van der Waals surface area contributed by atoms with Crippen molar-refractivity contribution in [3.8, 4) is 5.75 Å². The van der Waals surface area contributed by atoms with Crippen LogP contribution in [0.2, 0.25) is 0 Å². The number of unbranched alkanes of at least 4 members (excludes halogenated alkanes) is 2. The number of anilines is 1. The monoisotopic (exact) mass is 360 g/mol. The Bertz CT molecular complexity index is 593. The second-order valence-corrected chi connectivity index (χ2v) is 6.91. The van der Waals surface area contributed by atoms with Gasteiger partial charge in [0.05, 0.1) is 6.61 Å². The lowest BCUT2D eigenvalue weighted by Crippen LogP contribution is -2.33. The third-order valence-electron chi connectivity index (χ3n) is 4.69. The molecule has 1 N–H and O–H groups in total. The Balaban J connectivity index is 1.74. The van der Waals surface area contributed by atoms with Crippen molar-refractivity contribution in [3.05, 3.63) is 23.8 Å². The van der Waals surface area contributed by atoms with E-state index in [0.29, 0.717) is 19.4 Å². The molecule has 1 aliphatic rings. The third-order valence-corrected chi connectivity index (χ3v) is 4.69. The number of rotatable bonds is 11. The van der Waals surface area contributed by atoms with Crippen LogP contribution in [0.1, 0.15) is 64.4 Å². The quantitative estimate of drug-likeness (QED) is 0.603. The molecule has 0 saturated heterocycles. The molecular weight excluding hydrogens is 328 g/mol. The number of amides is 2. The molecule has 0 fully saturated rings. The fraction of sp³-hybridized carbons (Fsp3) is 0.619. The zero-order valence-electron chi connectivity index (χ0n) is 16.2. The van der Waals surface area contributed by atoms with Gasteiger partial charge in [-0.25, -0.2) is 0 Å². The van der Waals surface area contributed by atoms with Crippen molar-refractivity contribution in [1.82, 2.24) is 4.90 Å². The number of nitrogens with one attached hydrogen (secondary N) is 1. The van der Waals surface area contributed by atoms with Gasteiger partial charge in [0.25, 0.3) is 0 Å². The molecule has 5 heteroatoms. The second-order valence-electron chi connectivity index (χ2n) is 6.91. The molecule has 0 aromatic heterocycles.